The standard InChI is InChI=1S/C40H30N6O4/c1-24-14-15-29(46-37(26-8-6-16-41-22-26)43-34-13-4-3-12-32(34)39(46)48)20-35(24)50-31-18-25(2)36-33(21-31)40(49)45(28-10-5-11-30(47)19-28)38(44-36)27-9-7-17-42-23-27/h3-23,25,36,47H,1-2H3. The number of nitrogens with zero attached hydrogens (tertiary/aromatic N) is 6. The number of fused-ring (bicyclic) bond motifs is 2. The molecular formula is C40H30N6O4. The predicted molar refractivity (Wildman–Crippen MR) is 191 cm³/mol. The summed E-state index contributed by atoms with van der Waals surface area (Å²) in [5.74, 6) is 1.44. The second-order valence-corrected chi connectivity index (χ2v) is 12.2. The molecule has 10 nitrogen and oxygen atoms in total. The first-order valence-corrected chi connectivity index (χ1v) is 16.1. The highest BCUT2D eigenvalue weighted by atomic mass is 16.5. The molecule has 50 heavy (non-hydrogen) atoms. The highest BCUT2D eigenvalue weighted by molar-refractivity contribution is 6.29. The number of amides is 1. The molecule has 1 N–H and O–H groups in total. The van der Waals surface area contributed by atoms with Crippen LogP contribution < -0.4 is 15.2 Å². The van der Waals surface area contributed by atoms with Gasteiger partial charge in [0.15, 0.2) is 0 Å². The molecule has 10 heteroatoms. The Balaban J connectivity index is 1.20. The van der Waals surface area contributed by atoms with Crippen LogP contribution in [0.15, 0.2) is 149 Å². The maximum Gasteiger partial charge on any atom is 0.266 e. The predicted octanol–water partition coefficient (Wildman–Crippen LogP) is 6.56. The average Bonchev–Trinajstić information content (AvgIpc) is 3.13. The van der Waals surface area contributed by atoms with Crippen molar-refractivity contribution in [1.82, 2.24) is 19.5 Å². The lowest BCUT2D eigenvalue weighted by atomic mass is 9.86. The number of phenolic OH excluding ortho intramolecular Hbond substituents is 1. The Labute approximate surface area is 287 Å². The SMILES string of the molecule is Cc1ccc(-n2c(-c3cccnc3)nc3ccccc3c2=O)cc1OC1=CC(C)C2N=C(c3cccnc3)N(c3cccc(O)c3)C(=O)C2=C1. The smallest absolute Gasteiger partial charge is 0.266 e. The van der Waals surface area contributed by atoms with Crippen molar-refractivity contribution in [2.45, 2.75) is 19.9 Å². The summed E-state index contributed by atoms with van der Waals surface area (Å²) in [5, 5.41) is 10.8. The van der Waals surface area contributed by atoms with Crippen molar-refractivity contribution in [3.8, 4) is 28.6 Å². The van der Waals surface area contributed by atoms with E-state index in [1.54, 1.807) is 71.8 Å². The maximum atomic E-state index is 14.4. The summed E-state index contributed by atoms with van der Waals surface area (Å²) in [5.41, 5.74) is 4.07. The molecule has 2 aliphatic rings. The number of amidine groups is 1. The molecule has 2 atom stereocenters. The number of pyridine rings is 2. The normalized spacial score (nSPS) is 17.1. The number of aryl methyl sites for hydroxylation is 1. The maximum absolute atomic E-state index is 14.4. The fourth-order valence-corrected chi connectivity index (χ4v) is 6.37. The molecule has 8 rings (SSSR count). The third-order valence-corrected chi connectivity index (χ3v) is 8.83. The van der Waals surface area contributed by atoms with Crippen LogP contribution in [0.25, 0.3) is 28.0 Å². The zero-order chi connectivity index (χ0) is 34.4. The molecule has 0 spiro atoms. The van der Waals surface area contributed by atoms with Crippen LogP contribution in [-0.4, -0.2) is 42.4 Å². The van der Waals surface area contributed by atoms with Crippen LogP contribution in [0.3, 0.4) is 0 Å². The summed E-state index contributed by atoms with van der Waals surface area (Å²) in [6.45, 7) is 3.91. The topological polar surface area (TPSA) is 123 Å². The van der Waals surface area contributed by atoms with Crippen LogP contribution in [0, 0.1) is 12.8 Å². The summed E-state index contributed by atoms with van der Waals surface area (Å²) in [7, 11) is 0. The first-order chi connectivity index (χ1) is 24.4. The zero-order valence-corrected chi connectivity index (χ0v) is 27.1. The van der Waals surface area contributed by atoms with Gasteiger partial charge in [-0.25, -0.2) is 4.98 Å². The zero-order valence-electron chi connectivity index (χ0n) is 27.1. The van der Waals surface area contributed by atoms with E-state index < -0.39 is 6.04 Å². The lowest BCUT2D eigenvalue weighted by Crippen LogP contribution is -2.47. The second-order valence-electron chi connectivity index (χ2n) is 12.2. The van der Waals surface area contributed by atoms with Crippen molar-refractivity contribution in [2.24, 2.45) is 10.9 Å². The molecule has 3 aromatic carbocycles. The van der Waals surface area contributed by atoms with Gasteiger partial charge in [0.05, 0.1) is 28.3 Å². The molecule has 4 heterocycles. The Morgan fingerprint density at radius 2 is 1.60 bits per heavy atom. The van der Waals surface area contributed by atoms with E-state index in [2.05, 4.69) is 9.97 Å². The van der Waals surface area contributed by atoms with Crippen LogP contribution in [0.1, 0.15) is 18.1 Å². The van der Waals surface area contributed by atoms with Gasteiger partial charge in [-0.3, -0.25) is 34.0 Å². The van der Waals surface area contributed by atoms with Gasteiger partial charge in [0.2, 0.25) is 0 Å². The van der Waals surface area contributed by atoms with Gasteiger partial charge in [0.1, 0.15) is 28.9 Å². The van der Waals surface area contributed by atoms with Crippen molar-refractivity contribution in [1.29, 1.82) is 0 Å². The van der Waals surface area contributed by atoms with Gasteiger partial charge < -0.3 is 9.84 Å². The van der Waals surface area contributed by atoms with Gasteiger partial charge in [-0.2, -0.15) is 0 Å². The van der Waals surface area contributed by atoms with Gasteiger partial charge >= 0.3 is 0 Å². The number of carbonyl (C=O) groups excluding carboxylic acids is 1. The van der Waals surface area contributed by atoms with Crippen LogP contribution in [0.5, 0.6) is 11.5 Å². The van der Waals surface area contributed by atoms with E-state index >= 15 is 0 Å². The Bertz CT molecular complexity index is 2450. The number of aromatic nitrogens is 4. The lowest BCUT2D eigenvalue weighted by Gasteiger charge is -2.36. The van der Waals surface area contributed by atoms with Crippen LogP contribution >= 0.6 is 0 Å². The lowest BCUT2D eigenvalue weighted by molar-refractivity contribution is -0.114. The molecule has 0 fully saturated rings. The molecule has 2 unspecified atom stereocenters. The molecule has 0 saturated heterocycles. The van der Waals surface area contributed by atoms with Crippen LogP contribution in [0.4, 0.5) is 5.69 Å². The molecule has 1 aliphatic heterocycles. The highest BCUT2D eigenvalue weighted by Crippen LogP contribution is 2.36. The minimum atomic E-state index is -0.463. The van der Waals surface area contributed by atoms with E-state index in [4.69, 9.17) is 14.7 Å². The Kier molecular flexibility index (Phi) is 7.60. The highest BCUT2D eigenvalue weighted by Gasteiger charge is 2.39. The van der Waals surface area contributed by atoms with E-state index in [1.165, 1.54) is 11.0 Å². The number of aromatic hydroxyl groups is 1. The Hall–Kier alpha value is -6.68. The Morgan fingerprint density at radius 3 is 2.36 bits per heavy atom. The molecular weight excluding hydrogens is 628 g/mol. The summed E-state index contributed by atoms with van der Waals surface area (Å²) in [4.78, 5) is 48.3. The van der Waals surface area contributed by atoms with Crippen molar-refractivity contribution in [2.75, 3.05) is 4.90 Å². The minimum absolute atomic E-state index is 0.0284. The average molecular weight is 659 g/mol. The summed E-state index contributed by atoms with van der Waals surface area (Å²) >= 11 is 0. The molecule has 0 bridgehead atoms. The van der Waals surface area contributed by atoms with Gasteiger partial charge in [0, 0.05) is 59.5 Å². The summed E-state index contributed by atoms with van der Waals surface area (Å²) in [6, 6.07) is 26.2. The molecule has 1 aliphatic carbocycles. The monoisotopic (exact) mass is 658 g/mol. The number of carbonyl (C=O) groups is 1. The molecule has 1 amide bonds. The molecule has 244 valence electrons. The molecule has 0 saturated carbocycles. The quantitative estimate of drug-likeness (QED) is 0.215. The number of aliphatic imine (C=N–C) groups is 1. The van der Waals surface area contributed by atoms with E-state index in [-0.39, 0.29) is 23.1 Å². The number of benzene rings is 3. The largest absolute Gasteiger partial charge is 0.508 e. The van der Waals surface area contributed by atoms with Crippen LogP contribution in [-0.2, 0) is 4.79 Å². The van der Waals surface area contributed by atoms with Gasteiger partial charge in [-0.15, -0.1) is 0 Å². The first kappa shape index (κ1) is 30.6. The van der Waals surface area contributed by atoms with Gasteiger partial charge in [-0.05, 0) is 79.2 Å². The number of para-hydroxylation sites is 1. The third-order valence-electron chi connectivity index (χ3n) is 8.83. The first-order valence-electron chi connectivity index (χ1n) is 16.1. The number of ether oxygens (including phenoxy) is 1. The van der Waals surface area contributed by atoms with Gasteiger partial charge in [0.25, 0.3) is 11.5 Å². The van der Waals surface area contributed by atoms with Crippen molar-refractivity contribution < 1.29 is 14.6 Å². The molecule has 6 aromatic rings. The number of phenols is 1. The number of hydrogen-bond donors (Lipinski definition) is 1. The van der Waals surface area contributed by atoms with E-state index in [9.17, 15) is 14.7 Å². The molecule has 0 radical (unpaired) electrons. The van der Waals surface area contributed by atoms with E-state index in [0.29, 0.717) is 62.1 Å². The van der Waals surface area contributed by atoms with Crippen LogP contribution in [0.2, 0.25) is 0 Å². The third kappa shape index (κ3) is 5.42. The number of rotatable bonds is 6. The second kappa shape index (κ2) is 12.4. The van der Waals surface area contributed by atoms with Crippen molar-refractivity contribution >= 4 is 28.3 Å². The number of allylic oxidation sites excluding steroid dienone is 1. The van der Waals surface area contributed by atoms with E-state index in [0.717, 1.165) is 5.56 Å². The van der Waals surface area contributed by atoms with Crippen molar-refractivity contribution in [3.63, 3.8) is 0 Å². The summed E-state index contributed by atoms with van der Waals surface area (Å²) < 4.78 is 8.10. The minimum Gasteiger partial charge on any atom is -0.508 e. The fraction of sp³-hybridized carbons (Fsp3) is 0.100. The van der Waals surface area contributed by atoms with E-state index in [1.807, 2.05) is 68.5 Å². The Morgan fingerprint density at radius 1 is 0.820 bits per heavy atom. The van der Waals surface area contributed by atoms with Gasteiger partial charge in [-0.1, -0.05) is 31.2 Å². The summed E-state index contributed by atoms with van der Waals surface area (Å²) in [6.07, 6.45) is 10.4. The van der Waals surface area contributed by atoms with Crippen molar-refractivity contribution in [3.05, 3.63) is 161 Å². The number of anilines is 1. The fourth-order valence-electron chi connectivity index (χ4n) is 6.37. The number of hydrogen-bond acceptors (Lipinski definition) is 8. The molecule has 3 aromatic heterocycles.